The van der Waals surface area contributed by atoms with Crippen LogP contribution in [0.15, 0.2) is 0 Å². The van der Waals surface area contributed by atoms with Crippen LogP contribution in [0.2, 0.25) is 0 Å². The van der Waals surface area contributed by atoms with Crippen molar-refractivity contribution in [2.24, 2.45) is 5.92 Å². The van der Waals surface area contributed by atoms with Crippen LogP contribution < -0.4 is 5.32 Å². The molecule has 0 amide bonds. The number of rotatable bonds is 2. The summed E-state index contributed by atoms with van der Waals surface area (Å²) in [5, 5.41) is 12.6. The zero-order chi connectivity index (χ0) is 10.1. The van der Waals surface area contributed by atoms with Gasteiger partial charge < -0.3 is 15.2 Å². The van der Waals surface area contributed by atoms with Crippen molar-refractivity contribution in [3.63, 3.8) is 0 Å². The molecule has 0 spiro atoms. The van der Waals surface area contributed by atoms with Gasteiger partial charge in [0.15, 0.2) is 0 Å². The Bertz CT molecular complexity index is 165. The zero-order valence-electron chi connectivity index (χ0n) is 9.00. The van der Waals surface area contributed by atoms with Crippen molar-refractivity contribution in [3.8, 4) is 0 Å². The highest BCUT2D eigenvalue weighted by Gasteiger charge is 2.35. The topological polar surface area (TPSA) is 41.5 Å². The largest absolute Gasteiger partial charge is 0.396 e. The van der Waals surface area contributed by atoms with Crippen molar-refractivity contribution in [2.45, 2.75) is 45.4 Å². The number of nitrogens with one attached hydrogen (secondary N) is 1. The summed E-state index contributed by atoms with van der Waals surface area (Å²) in [7, 11) is 0. The summed E-state index contributed by atoms with van der Waals surface area (Å²) >= 11 is 0. The van der Waals surface area contributed by atoms with E-state index >= 15 is 0 Å². The minimum absolute atomic E-state index is 0.0834. The lowest BCUT2D eigenvalue weighted by Crippen LogP contribution is -2.50. The predicted octanol–water partition coefficient (Wildman–Crippen LogP) is 0.770. The summed E-state index contributed by atoms with van der Waals surface area (Å²) in [6.45, 7) is 9.33. The maximum Gasteiger partial charge on any atom is 0.0704 e. The Balaban J connectivity index is 2.54. The molecule has 3 nitrogen and oxygen atoms in total. The molecule has 0 radical (unpaired) electrons. The van der Waals surface area contributed by atoms with E-state index in [1.165, 1.54) is 0 Å². The molecule has 78 valence electrons. The minimum atomic E-state index is 0.0834. The molecule has 1 rings (SSSR count). The Morgan fingerprint density at radius 1 is 1.46 bits per heavy atom. The van der Waals surface area contributed by atoms with Gasteiger partial charge in [0.25, 0.3) is 0 Å². The van der Waals surface area contributed by atoms with E-state index < -0.39 is 0 Å². The molecule has 1 heterocycles. The first-order valence-corrected chi connectivity index (χ1v) is 4.94. The second-order valence-electron chi connectivity index (χ2n) is 4.90. The Morgan fingerprint density at radius 3 is 2.54 bits per heavy atom. The van der Waals surface area contributed by atoms with Crippen LogP contribution in [0.1, 0.15) is 27.7 Å². The molecule has 13 heavy (non-hydrogen) atoms. The normalized spacial score (nSPS) is 35.3. The van der Waals surface area contributed by atoms with E-state index in [1.54, 1.807) is 0 Å². The summed E-state index contributed by atoms with van der Waals surface area (Å²) in [6, 6.07) is 0.282. The van der Waals surface area contributed by atoms with Gasteiger partial charge in [0.05, 0.1) is 12.7 Å². The molecule has 0 saturated carbocycles. The smallest absolute Gasteiger partial charge is 0.0704 e. The maximum atomic E-state index is 9.13. The van der Waals surface area contributed by atoms with E-state index in [0.717, 1.165) is 0 Å². The third-order valence-corrected chi connectivity index (χ3v) is 2.42. The van der Waals surface area contributed by atoms with Crippen LogP contribution in [0.4, 0.5) is 0 Å². The molecule has 2 N–H and O–H groups in total. The Morgan fingerprint density at radius 2 is 2.08 bits per heavy atom. The van der Waals surface area contributed by atoms with Crippen molar-refractivity contribution < 1.29 is 9.84 Å². The number of ether oxygens (including phenoxy) is 1. The second-order valence-corrected chi connectivity index (χ2v) is 4.90. The molecule has 0 aliphatic carbocycles. The van der Waals surface area contributed by atoms with Crippen molar-refractivity contribution >= 4 is 0 Å². The van der Waals surface area contributed by atoms with Crippen molar-refractivity contribution in [1.29, 1.82) is 0 Å². The van der Waals surface area contributed by atoms with Crippen LogP contribution in [-0.4, -0.2) is 36.0 Å². The Hall–Kier alpha value is -0.120. The molecule has 1 fully saturated rings. The van der Waals surface area contributed by atoms with Crippen LogP contribution in [0.5, 0.6) is 0 Å². The molecule has 0 aromatic rings. The lowest BCUT2D eigenvalue weighted by Gasteiger charge is -2.30. The van der Waals surface area contributed by atoms with Gasteiger partial charge in [-0.15, -0.1) is 0 Å². The second kappa shape index (κ2) is 3.95. The molecule has 1 aliphatic heterocycles. The van der Waals surface area contributed by atoms with Crippen LogP contribution in [0.3, 0.4) is 0 Å². The first-order chi connectivity index (χ1) is 5.94. The number of hydrogen-bond acceptors (Lipinski definition) is 3. The van der Waals surface area contributed by atoms with Gasteiger partial charge in [0.2, 0.25) is 0 Å². The van der Waals surface area contributed by atoms with Gasteiger partial charge in [0.1, 0.15) is 0 Å². The third kappa shape index (κ3) is 2.93. The van der Waals surface area contributed by atoms with Crippen LogP contribution in [0, 0.1) is 5.92 Å². The van der Waals surface area contributed by atoms with Gasteiger partial charge in [0, 0.05) is 24.1 Å². The minimum Gasteiger partial charge on any atom is -0.396 e. The fourth-order valence-corrected chi connectivity index (χ4v) is 1.77. The number of hydrogen-bond donors (Lipinski definition) is 2. The monoisotopic (exact) mass is 187 g/mol. The first kappa shape index (κ1) is 11.0. The van der Waals surface area contributed by atoms with Crippen molar-refractivity contribution in [3.05, 3.63) is 0 Å². The third-order valence-electron chi connectivity index (χ3n) is 2.42. The summed E-state index contributed by atoms with van der Waals surface area (Å²) in [5.41, 5.74) is 0.0834. The Kier molecular flexibility index (Phi) is 3.33. The standard InChI is InChI=1S/C10H21NO2/c1-7-9(11-10(2,3)4)8(5-12)6-13-7/h7-9,11-12H,5-6H2,1-4H3/t7-,8+,9-/m0/s1. The van der Waals surface area contributed by atoms with E-state index in [9.17, 15) is 0 Å². The molecule has 3 atom stereocenters. The average molecular weight is 187 g/mol. The van der Waals surface area contributed by atoms with Gasteiger partial charge in [-0.25, -0.2) is 0 Å². The molecular formula is C10H21NO2. The van der Waals surface area contributed by atoms with E-state index in [1.807, 2.05) is 0 Å². The van der Waals surface area contributed by atoms with E-state index in [2.05, 4.69) is 33.0 Å². The van der Waals surface area contributed by atoms with E-state index in [0.29, 0.717) is 6.61 Å². The zero-order valence-corrected chi connectivity index (χ0v) is 9.00. The summed E-state index contributed by atoms with van der Waals surface area (Å²) in [5.74, 6) is 0.245. The van der Waals surface area contributed by atoms with E-state index in [-0.39, 0.29) is 30.2 Å². The molecule has 0 unspecified atom stereocenters. The van der Waals surface area contributed by atoms with Gasteiger partial charge in [-0.05, 0) is 27.7 Å². The lowest BCUT2D eigenvalue weighted by atomic mass is 9.96. The fraction of sp³-hybridized carbons (Fsp3) is 1.00. The van der Waals surface area contributed by atoms with Crippen molar-refractivity contribution in [2.75, 3.05) is 13.2 Å². The van der Waals surface area contributed by atoms with Crippen LogP contribution in [-0.2, 0) is 4.74 Å². The SMILES string of the molecule is C[C@@H]1OC[C@@H](CO)[C@H]1NC(C)(C)C. The lowest BCUT2D eigenvalue weighted by molar-refractivity contribution is 0.105. The van der Waals surface area contributed by atoms with Gasteiger partial charge in [-0.3, -0.25) is 0 Å². The number of aliphatic hydroxyl groups excluding tert-OH is 1. The van der Waals surface area contributed by atoms with E-state index in [4.69, 9.17) is 9.84 Å². The molecule has 0 aromatic heterocycles. The van der Waals surface area contributed by atoms with Gasteiger partial charge >= 0.3 is 0 Å². The highest BCUT2D eigenvalue weighted by molar-refractivity contribution is 4.90. The Labute approximate surface area is 80.5 Å². The molecular weight excluding hydrogens is 166 g/mol. The van der Waals surface area contributed by atoms with Gasteiger partial charge in [-0.2, -0.15) is 0 Å². The average Bonchev–Trinajstić information content (AvgIpc) is 2.30. The molecule has 1 saturated heterocycles. The van der Waals surface area contributed by atoms with Crippen molar-refractivity contribution in [1.82, 2.24) is 5.32 Å². The molecule has 1 aliphatic rings. The quantitative estimate of drug-likeness (QED) is 0.671. The highest BCUT2D eigenvalue weighted by Crippen LogP contribution is 2.21. The number of aliphatic hydroxyl groups is 1. The van der Waals surface area contributed by atoms with Gasteiger partial charge in [-0.1, -0.05) is 0 Å². The first-order valence-electron chi connectivity index (χ1n) is 4.94. The predicted molar refractivity (Wildman–Crippen MR) is 52.7 cm³/mol. The summed E-state index contributed by atoms with van der Waals surface area (Å²) < 4.78 is 5.49. The fourth-order valence-electron chi connectivity index (χ4n) is 1.77. The maximum absolute atomic E-state index is 9.13. The highest BCUT2D eigenvalue weighted by atomic mass is 16.5. The van der Waals surface area contributed by atoms with Crippen LogP contribution >= 0.6 is 0 Å². The summed E-state index contributed by atoms with van der Waals surface area (Å²) in [4.78, 5) is 0. The summed E-state index contributed by atoms with van der Waals surface area (Å²) in [6.07, 6.45) is 0.205. The van der Waals surface area contributed by atoms with Crippen LogP contribution in [0.25, 0.3) is 0 Å². The molecule has 3 heteroatoms. The molecule has 0 bridgehead atoms. The molecule has 0 aromatic carbocycles.